The average Bonchev–Trinajstić information content (AvgIpc) is 3.16. The number of carbonyl (C=O) groups excluding carboxylic acids is 1. The van der Waals surface area contributed by atoms with Gasteiger partial charge >= 0.3 is 0 Å². The van der Waals surface area contributed by atoms with Crippen molar-refractivity contribution in [2.24, 2.45) is 5.41 Å². The Morgan fingerprint density at radius 2 is 2.25 bits per heavy atom. The van der Waals surface area contributed by atoms with Crippen molar-refractivity contribution >= 4 is 21.8 Å². The van der Waals surface area contributed by atoms with E-state index in [1.54, 1.807) is 0 Å². The molecule has 110 valence electrons. The lowest BCUT2D eigenvalue weighted by Crippen LogP contribution is -2.34. The fourth-order valence-electron chi connectivity index (χ4n) is 2.00. The third kappa shape index (κ3) is 4.18. The van der Waals surface area contributed by atoms with Crippen molar-refractivity contribution < 1.29 is 19.0 Å². The second kappa shape index (κ2) is 6.54. The highest BCUT2D eigenvalue weighted by atomic mass is 79.9. The maximum Gasteiger partial charge on any atom is 0.257 e. The number of benzene rings is 1. The second-order valence-electron chi connectivity index (χ2n) is 5.11. The van der Waals surface area contributed by atoms with E-state index in [0.717, 1.165) is 19.3 Å². The van der Waals surface area contributed by atoms with Crippen molar-refractivity contribution in [2.45, 2.75) is 19.3 Å². The Morgan fingerprint density at radius 1 is 1.50 bits per heavy atom. The molecule has 1 saturated carbocycles. The Hall–Kier alpha value is -1.14. The Bertz CT molecular complexity index is 491. The van der Waals surface area contributed by atoms with Gasteiger partial charge in [-0.1, -0.05) is 0 Å². The van der Waals surface area contributed by atoms with Crippen molar-refractivity contribution in [2.75, 3.05) is 19.8 Å². The second-order valence-corrected chi connectivity index (χ2v) is 5.97. The van der Waals surface area contributed by atoms with E-state index >= 15 is 0 Å². The summed E-state index contributed by atoms with van der Waals surface area (Å²) < 4.78 is 18.7. The standard InChI is InChI=1S/C14H17BrFNO3/c15-11-7-10(16)1-2-12(11)20-8-13(19)17-9-14(3-4-14)5-6-18/h1-2,7,18H,3-6,8-9H2,(H,17,19). The number of nitrogens with one attached hydrogen (secondary N) is 1. The van der Waals surface area contributed by atoms with Crippen LogP contribution in [0.2, 0.25) is 0 Å². The summed E-state index contributed by atoms with van der Waals surface area (Å²) in [6.07, 6.45) is 2.80. The van der Waals surface area contributed by atoms with Crippen LogP contribution < -0.4 is 10.1 Å². The van der Waals surface area contributed by atoms with Crippen LogP contribution in [0.1, 0.15) is 19.3 Å². The first-order valence-electron chi connectivity index (χ1n) is 6.50. The molecule has 1 aromatic carbocycles. The van der Waals surface area contributed by atoms with Crippen molar-refractivity contribution in [1.82, 2.24) is 5.32 Å². The number of aliphatic hydroxyl groups is 1. The van der Waals surface area contributed by atoms with Crippen molar-refractivity contribution in [3.8, 4) is 5.75 Å². The fourth-order valence-corrected chi connectivity index (χ4v) is 2.47. The summed E-state index contributed by atoms with van der Waals surface area (Å²) in [5.74, 6) is -0.156. The largest absolute Gasteiger partial charge is 0.483 e. The zero-order valence-corrected chi connectivity index (χ0v) is 12.6. The lowest BCUT2D eigenvalue weighted by atomic mass is 10.0. The molecule has 0 saturated heterocycles. The van der Waals surface area contributed by atoms with Gasteiger partial charge in [-0.05, 0) is 58.8 Å². The summed E-state index contributed by atoms with van der Waals surface area (Å²) in [5.41, 5.74) is 0.0842. The molecular weight excluding hydrogens is 329 g/mol. The van der Waals surface area contributed by atoms with Gasteiger partial charge in [-0.15, -0.1) is 0 Å². The topological polar surface area (TPSA) is 58.6 Å². The van der Waals surface area contributed by atoms with Gasteiger partial charge in [0.15, 0.2) is 6.61 Å². The molecule has 4 nitrogen and oxygen atoms in total. The third-order valence-electron chi connectivity index (χ3n) is 3.51. The van der Waals surface area contributed by atoms with Crippen LogP contribution in [0.5, 0.6) is 5.75 Å². The first-order chi connectivity index (χ1) is 9.54. The minimum absolute atomic E-state index is 0.0842. The van der Waals surface area contributed by atoms with Crippen LogP contribution in [0.15, 0.2) is 22.7 Å². The molecule has 1 aliphatic rings. The molecule has 0 atom stereocenters. The van der Waals surface area contributed by atoms with Gasteiger partial charge in [-0.25, -0.2) is 4.39 Å². The Morgan fingerprint density at radius 3 is 2.85 bits per heavy atom. The van der Waals surface area contributed by atoms with Gasteiger partial charge in [0.2, 0.25) is 0 Å². The molecule has 0 aromatic heterocycles. The lowest BCUT2D eigenvalue weighted by Gasteiger charge is -2.15. The van der Waals surface area contributed by atoms with Crippen LogP contribution in [0.25, 0.3) is 0 Å². The van der Waals surface area contributed by atoms with E-state index in [0.29, 0.717) is 16.8 Å². The molecule has 1 fully saturated rings. The van der Waals surface area contributed by atoms with Crippen LogP contribution in [0, 0.1) is 11.2 Å². The summed E-state index contributed by atoms with van der Waals surface area (Å²) in [4.78, 5) is 11.7. The van der Waals surface area contributed by atoms with Crippen LogP contribution in [0.3, 0.4) is 0 Å². The number of hydrogen-bond acceptors (Lipinski definition) is 3. The molecule has 20 heavy (non-hydrogen) atoms. The van der Waals surface area contributed by atoms with Crippen LogP contribution in [0.4, 0.5) is 4.39 Å². The predicted octanol–water partition coefficient (Wildman–Crippen LogP) is 2.25. The molecule has 2 N–H and O–H groups in total. The number of carbonyl (C=O) groups is 1. The highest BCUT2D eigenvalue weighted by molar-refractivity contribution is 9.10. The molecule has 2 rings (SSSR count). The van der Waals surface area contributed by atoms with Gasteiger partial charge in [-0.2, -0.15) is 0 Å². The van der Waals surface area contributed by atoms with Crippen LogP contribution >= 0.6 is 15.9 Å². The van der Waals surface area contributed by atoms with Gasteiger partial charge in [0.05, 0.1) is 4.47 Å². The van der Waals surface area contributed by atoms with E-state index in [-0.39, 0.29) is 30.4 Å². The zero-order chi connectivity index (χ0) is 14.6. The van der Waals surface area contributed by atoms with E-state index in [1.807, 2.05) is 0 Å². The van der Waals surface area contributed by atoms with E-state index in [9.17, 15) is 9.18 Å². The smallest absolute Gasteiger partial charge is 0.257 e. The zero-order valence-electron chi connectivity index (χ0n) is 11.0. The highest BCUT2D eigenvalue weighted by Crippen LogP contribution is 2.47. The van der Waals surface area contributed by atoms with E-state index in [4.69, 9.17) is 9.84 Å². The first kappa shape index (κ1) is 15.3. The van der Waals surface area contributed by atoms with Crippen molar-refractivity contribution in [3.05, 3.63) is 28.5 Å². The van der Waals surface area contributed by atoms with E-state index in [2.05, 4.69) is 21.2 Å². The summed E-state index contributed by atoms with van der Waals surface area (Å²) in [6.45, 7) is 0.606. The molecule has 0 unspecified atom stereocenters. The quantitative estimate of drug-likeness (QED) is 0.796. The monoisotopic (exact) mass is 345 g/mol. The maximum atomic E-state index is 12.9. The summed E-state index contributed by atoms with van der Waals surface area (Å²) in [6, 6.07) is 4.03. The number of amides is 1. The molecule has 0 radical (unpaired) electrons. The number of rotatable bonds is 7. The molecule has 1 amide bonds. The highest BCUT2D eigenvalue weighted by Gasteiger charge is 2.41. The van der Waals surface area contributed by atoms with Crippen molar-refractivity contribution in [1.29, 1.82) is 0 Å². The van der Waals surface area contributed by atoms with Gasteiger partial charge in [0, 0.05) is 13.2 Å². The molecule has 1 aliphatic carbocycles. The minimum atomic E-state index is -0.367. The average molecular weight is 346 g/mol. The molecular formula is C14H17BrFNO3. The Labute approximate surface area is 125 Å². The number of hydrogen-bond donors (Lipinski definition) is 2. The van der Waals surface area contributed by atoms with Gasteiger partial charge in [-0.3, -0.25) is 4.79 Å². The van der Waals surface area contributed by atoms with E-state index in [1.165, 1.54) is 18.2 Å². The Balaban J connectivity index is 1.75. The van der Waals surface area contributed by atoms with Crippen molar-refractivity contribution in [3.63, 3.8) is 0 Å². The molecule has 1 aromatic rings. The normalized spacial score (nSPS) is 15.8. The maximum absolute atomic E-state index is 12.9. The third-order valence-corrected chi connectivity index (χ3v) is 4.13. The predicted molar refractivity (Wildman–Crippen MR) is 76.0 cm³/mol. The van der Waals surface area contributed by atoms with Gasteiger partial charge in [0.1, 0.15) is 11.6 Å². The molecule has 0 spiro atoms. The lowest BCUT2D eigenvalue weighted by molar-refractivity contribution is -0.123. The fraction of sp³-hybridized carbons (Fsp3) is 0.500. The SMILES string of the molecule is O=C(COc1ccc(F)cc1Br)NCC1(CCO)CC1. The molecule has 6 heteroatoms. The summed E-state index contributed by atoms with van der Waals surface area (Å²) >= 11 is 3.17. The first-order valence-corrected chi connectivity index (χ1v) is 7.29. The molecule has 0 aliphatic heterocycles. The number of halogens is 2. The minimum Gasteiger partial charge on any atom is -0.483 e. The van der Waals surface area contributed by atoms with Gasteiger partial charge in [0.25, 0.3) is 5.91 Å². The van der Waals surface area contributed by atoms with Crippen LogP contribution in [-0.4, -0.2) is 30.8 Å². The van der Waals surface area contributed by atoms with Crippen LogP contribution in [-0.2, 0) is 4.79 Å². The summed E-state index contributed by atoms with van der Waals surface area (Å²) in [7, 11) is 0. The number of ether oxygens (including phenoxy) is 1. The van der Waals surface area contributed by atoms with Gasteiger partial charge < -0.3 is 15.2 Å². The molecule has 0 heterocycles. The van der Waals surface area contributed by atoms with E-state index < -0.39 is 0 Å². The summed E-state index contributed by atoms with van der Waals surface area (Å²) in [5, 5.41) is 11.7. The molecule has 0 bridgehead atoms. The Kier molecular flexibility index (Phi) is 4.99. The number of aliphatic hydroxyl groups excluding tert-OH is 1.